The van der Waals surface area contributed by atoms with Gasteiger partial charge in [0.15, 0.2) is 11.3 Å². The Morgan fingerprint density at radius 1 is 0.667 bits per heavy atom. The van der Waals surface area contributed by atoms with Crippen molar-refractivity contribution in [2.24, 2.45) is 0 Å². The maximum Gasteiger partial charge on any atom is 0.151 e. The maximum atomic E-state index is 9.40. The molecule has 2 aromatic heterocycles. The summed E-state index contributed by atoms with van der Waals surface area (Å²) >= 11 is 0. The van der Waals surface area contributed by atoms with E-state index in [0.717, 1.165) is 22.6 Å². The van der Waals surface area contributed by atoms with Crippen molar-refractivity contribution in [3.8, 4) is 46.6 Å². The molecule has 2 aromatic carbocycles. The molecule has 4 rings (SSSR count). The Labute approximate surface area is 173 Å². The van der Waals surface area contributed by atoms with E-state index >= 15 is 0 Å². The monoisotopic (exact) mass is 386 g/mol. The Kier molecular flexibility index (Phi) is 4.99. The molecule has 0 N–H and O–H groups in total. The predicted molar refractivity (Wildman–Crippen MR) is 113 cm³/mol. The molecule has 0 aliphatic carbocycles. The van der Waals surface area contributed by atoms with Crippen LogP contribution in [0.25, 0.3) is 34.0 Å². The van der Waals surface area contributed by atoms with Crippen LogP contribution in [-0.4, -0.2) is 4.57 Å². The van der Waals surface area contributed by atoms with Gasteiger partial charge in [0.05, 0.1) is 11.4 Å². The van der Waals surface area contributed by atoms with E-state index < -0.39 is 0 Å². The number of rotatable bonds is 4. The molecule has 140 valence electrons. The first-order valence-electron chi connectivity index (χ1n) is 9.14. The highest BCUT2D eigenvalue weighted by molar-refractivity contribution is 5.83. The van der Waals surface area contributed by atoms with Crippen LogP contribution < -0.4 is 0 Å². The third-order valence-corrected chi connectivity index (χ3v) is 4.66. The van der Waals surface area contributed by atoms with Gasteiger partial charge in [-0.25, -0.2) is 0 Å². The van der Waals surface area contributed by atoms with Crippen LogP contribution in [0.5, 0.6) is 0 Å². The molecule has 0 amide bonds. The molecule has 5 nitrogen and oxygen atoms in total. The predicted octanol–water partition coefficient (Wildman–Crippen LogP) is 5.73. The minimum Gasteiger partial charge on any atom is -0.454 e. The molecule has 0 saturated heterocycles. The molecular formula is C25H14N4O. The lowest BCUT2D eigenvalue weighted by Gasteiger charge is -2.13. The molecule has 0 bridgehead atoms. The zero-order chi connectivity index (χ0) is 20.9. The van der Waals surface area contributed by atoms with E-state index in [1.54, 1.807) is 24.3 Å². The topological polar surface area (TPSA) is 89.4 Å². The Bertz CT molecular complexity index is 1340. The van der Waals surface area contributed by atoms with Gasteiger partial charge in [-0.2, -0.15) is 15.8 Å². The van der Waals surface area contributed by atoms with Crippen LogP contribution in [0.2, 0.25) is 0 Å². The summed E-state index contributed by atoms with van der Waals surface area (Å²) < 4.78 is 7.99. The number of aromatic nitrogens is 1. The highest BCUT2D eigenvalue weighted by Crippen LogP contribution is 2.34. The first-order valence-corrected chi connectivity index (χ1v) is 9.14. The second kappa shape index (κ2) is 8.07. The van der Waals surface area contributed by atoms with Gasteiger partial charge in [0.2, 0.25) is 0 Å². The van der Waals surface area contributed by atoms with Gasteiger partial charge in [-0.05, 0) is 42.0 Å². The van der Waals surface area contributed by atoms with Crippen LogP contribution in [0.4, 0.5) is 0 Å². The van der Waals surface area contributed by atoms with Crippen LogP contribution in [0, 0.1) is 34.0 Å². The number of furan rings is 1. The second-order valence-electron chi connectivity index (χ2n) is 6.39. The van der Waals surface area contributed by atoms with E-state index in [-0.39, 0.29) is 16.9 Å². The number of para-hydroxylation sites is 1. The number of hydrogen-bond acceptors (Lipinski definition) is 4. The normalized spacial score (nSPS) is 9.90. The Morgan fingerprint density at radius 2 is 1.30 bits per heavy atom. The molecule has 5 heteroatoms. The third kappa shape index (κ3) is 3.27. The molecule has 2 heterocycles. The summed E-state index contributed by atoms with van der Waals surface area (Å²) in [6.45, 7) is 0. The SMILES string of the molecule is N#CC(C#N)=C(C#N)c1ccc(-c2ccc(-c3ccccc3)n2-c2ccccc2)o1. The van der Waals surface area contributed by atoms with Gasteiger partial charge in [0.1, 0.15) is 29.5 Å². The maximum absolute atomic E-state index is 9.40. The van der Waals surface area contributed by atoms with Crippen molar-refractivity contribution in [1.82, 2.24) is 4.57 Å². The Morgan fingerprint density at radius 3 is 1.93 bits per heavy atom. The van der Waals surface area contributed by atoms with Gasteiger partial charge in [0.25, 0.3) is 0 Å². The molecule has 0 unspecified atom stereocenters. The summed E-state index contributed by atoms with van der Waals surface area (Å²) in [4.78, 5) is 0. The molecule has 0 spiro atoms. The van der Waals surface area contributed by atoms with Gasteiger partial charge in [-0.3, -0.25) is 0 Å². The van der Waals surface area contributed by atoms with Crippen LogP contribution in [0.15, 0.2) is 94.9 Å². The highest BCUT2D eigenvalue weighted by atomic mass is 16.3. The van der Waals surface area contributed by atoms with Crippen molar-refractivity contribution in [3.05, 3.63) is 96.3 Å². The van der Waals surface area contributed by atoms with Gasteiger partial charge in [-0.1, -0.05) is 48.5 Å². The van der Waals surface area contributed by atoms with E-state index in [9.17, 15) is 5.26 Å². The first-order chi connectivity index (χ1) is 14.8. The zero-order valence-electron chi connectivity index (χ0n) is 15.8. The fraction of sp³-hybridized carbons (Fsp3) is 0. The average molecular weight is 386 g/mol. The van der Waals surface area contributed by atoms with E-state index in [1.165, 1.54) is 0 Å². The van der Waals surface area contributed by atoms with Crippen molar-refractivity contribution in [1.29, 1.82) is 15.8 Å². The number of allylic oxidation sites excluding steroid dienone is 2. The van der Waals surface area contributed by atoms with Crippen molar-refractivity contribution in [2.75, 3.05) is 0 Å². The number of benzene rings is 2. The molecular weight excluding hydrogens is 372 g/mol. The van der Waals surface area contributed by atoms with E-state index in [2.05, 4.69) is 4.57 Å². The van der Waals surface area contributed by atoms with Gasteiger partial charge >= 0.3 is 0 Å². The molecule has 0 fully saturated rings. The largest absolute Gasteiger partial charge is 0.454 e. The van der Waals surface area contributed by atoms with Crippen molar-refractivity contribution in [3.63, 3.8) is 0 Å². The summed E-state index contributed by atoms with van der Waals surface area (Å²) in [7, 11) is 0. The van der Waals surface area contributed by atoms with E-state index in [4.69, 9.17) is 14.9 Å². The minimum absolute atomic E-state index is 0.0765. The molecule has 0 radical (unpaired) electrons. The quantitative estimate of drug-likeness (QED) is 0.419. The van der Waals surface area contributed by atoms with Crippen molar-refractivity contribution in [2.45, 2.75) is 0 Å². The molecule has 4 aromatic rings. The van der Waals surface area contributed by atoms with Crippen LogP contribution >= 0.6 is 0 Å². The minimum atomic E-state index is -0.276. The summed E-state index contributed by atoms with van der Waals surface area (Å²) in [5.41, 5.74) is 3.43. The lowest BCUT2D eigenvalue weighted by molar-refractivity contribution is 0.565. The molecule has 0 aliphatic rings. The summed E-state index contributed by atoms with van der Waals surface area (Å²) in [5, 5.41) is 27.6. The van der Waals surface area contributed by atoms with E-state index in [0.29, 0.717) is 5.76 Å². The lowest BCUT2D eigenvalue weighted by Crippen LogP contribution is -1.98. The second-order valence-corrected chi connectivity index (χ2v) is 6.39. The fourth-order valence-corrected chi connectivity index (χ4v) is 3.30. The first kappa shape index (κ1) is 18.6. The van der Waals surface area contributed by atoms with Crippen molar-refractivity contribution >= 4 is 5.57 Å². The summed E-state index contributed by atoms with van der Waals surface area (Å²) in [6, 6.07) is 32.6. The molecule has 0 aliphatic heterocycles. The van der Waals surface area contributed by atoms with Gasteiger partial charge in [-0.15, -0.1) is 0 Å². The lowest BCUT2D eigenvalue weighted by atomic mass is 10.1. The fourth-order valence-electron chi connectivity index (χ4n) is 3.30. The number of nitriles is 3. The number of nitrogens with zero attached hydrogens (tertiary/aromatic N) is 4. The molecule has 0 saturated carbocycles. The van der Waals surface area contributed by atoms with Crippen LogP contribution in [0.3, 0.4) is 0 Å². The third-order valence-electron chi connectivity index (χ3n) is 4.66. The molecule has 30 heavy (non-hydrogen) atoms. The van der Waals surface area contributed by atoms with Gasteiger partial charge in [0, 0.05) is 5.69 Å². The van der Waals surface area contributed by atoms with Gasteiger partial charge < -0.3 is 8.98 Å². The zero-order valence-corrected chi connectivity index (χ0v) is 15.8. The number of hydrogen-bond donors (Lipinski definition) is 0. The Balaban J connectivity index is 1.90. The van der Waals surface area contributed by atoms with E-state index in [1.807, 2.05) is 78.9 Å². The summed E-state index contributed by atoms with van der Waals surface area (Å²) in [5.74, 6) is 0.715. The summed E-state index contributed by atoms with van der Waals surface area (Å²) in [6.07, 6.45) is 0. The van der Waals surface area contributed by atoms with Crippen molar-refractivity contribution < 1.29 is 4.42 Å². The average Bonchev–Trinajstić information content (AvgIpc) is 3.46. The standard InChI is InChI=1S/C25H14N4O/c26-15-19(16-27)21(17-28)24-13-14-25(30-24)23-12-11-22(18-7-3-1-4-8-18)29(23)20-9-5-2-6-10-20/h1-14H. The smallest absolute Gasteiger partial charge is 0.151 e. The molecule has 0 atom stereocenters. The van der Waals surface area contributed by atoms with Crippen LogP contribution in [0.1, 0.15) is 5.76 Å². The van der Waals surface area contributed by atoms with Crippen LogP contribution in [-0.2, 0) is 0 Å². The Hall–Kier alpha value is -4.79. The highest BCUT2D eigenvalue weighted by Gasteiger charge is 2.18.